The normalized spacial score (nSPS) is 21.4. The molecule has 0 saturated carbocycles. The molecular weight excluding hydrogens is 592 g/mol. The van der Waals surface area contributed by atoms with Crippen LogP contribution < -0.4 is 10.2 Å². The molecule has 13 nitrogen and oxygen atoms in total. The van der Waals surface area contributed by atoms with Gasteiger partial charge < -0.3 is 48.9 Å². The average Bonchev–Trinajstić information content (AvgIpc) is 2.99. The summed E-state index contributed by atoms with van der Waals surface area (Å²) in [6, 6.07) is 15.4. The minimum atomic E-state index is -1.77. The first-order chi connectivity index (χ1) is 21.5. The number of hydrogen-bond donors (Lipinski definition) is 5. The van der Waals surface area contributed by atoms with Gasteiger partial charge >= 0.3 is 11.9 Å². The van der Waals surface area contributed by atoms with Crippen LogP contribution in [-0.4, -0.2) is 74.8 Å². The van der Waals surface area contributed by atoms with Crippen LogP contribution in [0.3, 0.4) is 0 Å². The molecule has 0 spiro atoms. The number of aliphatic hydroxyl groups excluding tert-OH is 2. The third-order valence-corrected chi connectivity index (χ3v) is 6.83. The molecule has 45 heavy (non-hydrogen) atoms. The summed E-state index contributed by atoms with van der Waals surface area (Å²) in [5.74, 6) is -2.01. The van der Waals surface area contributed by atoms with E-state index in [4.69, 9.17) is 23.4 Å². The molecule has 2 heterocycles. The van der Waals surface area contributed by atoms with E-state index in [2.05, 4.69) is 0 Å². The Morgan fingerprint density at radius 2 is 1.58 bits per heavy atom. The van der Waals surface area contributed by atoms with E-state index in [1.54, 1.807) is 12.1 Å². The Kier molecular flexibility index (Phi) is 9.04. The fraction of sp³-hybridized carbons (Fsp3) is 0.219. The van der Waals surface area contributed by atoms with Crippen molar-refractivity contribution in [1.82, 2.24) is 0 Å². The highest BCUT2D eigenvalue weighted by Crippen LogP contribution is 2.34. The van der Waals surface area contributed by atoms with Crippen LogP contribution in [0.1, 0.15) is 12.5 Å². The predicted octanol–water partition coefficient (Wildman–Crippen LogP) is 2.59. The lowest BCUT2D eigenvalue weighted by Gasteiger charge is -2.41. The van der Waals surface area contributed by atoms with E-state index in [1.807, 2.05) is 0 Å². The number of phenolic OH excluding ortho intramolecular Hbond substituents is 3. The summed E-state index contributed by atoms with van der Waals surface area (Å²) in [6.07, 6.45) is -5.31. The van der Waals surface area contributed by atoms with Crippen molar-refractivity contribution in [3.8, 4) is 34.3 Å². The van der Waals surface area contributed by atoms with Crippen LogP contribution in [0.4, 0.5) is 0 Å². The molecule has 0 aliphatic carbocycles. The Labute approximate surface area is 254 Å². The maximum Gasteiger partial charge on any atom is 0.330 e. The summed E-state index contributed by atoms with van der Waals surface area (Å²) in [5, 5.41) is 51.0. The van der Waals surface area contributed by atoms with E-state index < -0.39 is 60.4 Å². The first kappa shape index (κ1) is 31.1. The molecule has 1 fully saturated rings. The number of phenols is 3. The smallest absolute Gasteiger partial charge is 0.330 e. The quantitative estimate of drug-likeness (QED) is 0.142. The van der Waals surface area contributed by atoms with Gasteiger partial charge in [-0.1, -0.05) is 12.1 Å². The lowest BCUT2D eigenvalue weighted by molar-refractivity contribution is -0.281. The molecule has 4 aromatic rings. The molecule has 1 aliphatic rings. The number of benzene rings is 3. The first-order valence-electron chi connectivity index (χ1n) is 13.6. The molecule has 234 valence electrons. The van der Waals surface area contributed by atoms with Gasteiger partial charge in [0.05, 0.1) is 0 Å². The van der Waals surface area contributed by atoms with Gasteiger partial charge in [-0.25, -0.2) is 4.79 Å². The third kappa shape index (κ3) is 7.24. The summed E-state index contributed by atoms with van der Waals surface area (Å²) in [7, 11) is 0. The van der Waals surface area contributed by atoms with Crippen LogP contribution in [0.5, 0.6) is 23.0 Å². The van der Waals surface area contributed by atoms with E-state index in [1.165, 1.54) is 54.6 Å². The molecule has 13 heteroatoms. The first-order valence-corrected chi connectivity index (χ1v) is 13.6. The van der Waals surface area contributed by atoms with Crippen LogP contribution in [0, 0.1) is 0 Å². The molecule has 5 rings (SSSR count). The van der Waals surface area contributed by atoms with Crippen LogP contribution >= 0.6 is 0 Å². The molecule has 0 bridgehead atoms. The summed E-state index contributed by atoms with van der Waals surface area (Å²) in [6.45, 7) is 0.567. The Morgan fingerprint density at radius 1 is 0.911 bits per heavy atom. The number of hydrogen-bond acceptors (Lipinski definition) is 13. The van der Waals surface area contributed by atoms with Crippen molar-refractivity contribution < 1.29 is 58.5 Å². The van der Waals surface area contributed by atoms with Gasteiger partial charge in [0.1, 0.15) is 64.6 Å². The largest absolute Gasteiger partial charge is 0.508 e. The van der Waals surface area contributed by atoms with Crippen molar-refractivity contribution in [2.75, 3.05) is 6.61 Å². The minimum Gasteiger partial charge on any atom is -0.508 e. The second-order valence-electron chi connectivity index (χ2n) is 10.1. The molecule has 0 amide bonds. The van der Waals surface area contributed by atoms with Crippen molar-refractivity contribution >= 4 is 29.0 Å². The van der Waals surface area contributed by atoms with E-state index in [-0.39, 0.29) is 34.0 Å². The van der Waals surface area contributed by atoms with Crippen LogP contribution in [0.25, 0.3) is 28.4 Å². The standard InChI is InChI=1S/C32H28O13/c1-16(33)42-31-26(15-41-27(38)11-4-17-2-7-19(34)8-3-17)45-32(30(40)29(31)39)43-21-12-22(36)28-23(37)14-24(44-25(28)13-21)18-5-9-20(35)10-6-18/h2-14,26,29-32,34-36,39-40H,15H2,1H3. The maximum absolute atomic E-state index is 12.8. The summed E-state index contributed by atoms with van der Waals surface area (Å²) < 4.78 is 27.7. The van der Waals surface area contributed by atoms with Gasteiger partial charge in [0.2, 0.25) is 6.29 Å². The van der Waals surface area contributed by atoms with Crippen molar-refractivity contribution in [3.05, 3.63) is 88.6 Å². The molecular formula is C32H28O13. The van der Waals surface area contributed by atoms with E-state index >= 15 is 0 Å². The summed E-state index contributed by atoms with van der Waals surface area (Å²) in [4.78, 5) is 36.9. The van der Waals surface area contributed by atoms with Gasteiger partial charge in [-0.2, -0.15) is 0 Å². The van der Waals surface area contributed by atoms with E-state index in [0.717, 1.165) is 19.1 Å². The molecule has 1 aromatic heterocycles. The van der Waals surface area contributed by atoms with Gasteiger partial charge in [0.15, 0.2) is 11.5 Å². The number of aliphatic hydroxyl groups is 2. The Bertz CT molecular complexity index is 1780. The SMILES string of the molecule is CC(=O)OC1C(COC(=O)C=Cc2ccc(O)cc2)OC(Oc2cc(O)c3c(=O)cc(-c4ccc(O)cc4)oc3c2)C(O)C1O. The molecule has 5 atom stereocenters. The number of fused-ring (bicyclic) bond motifs is 1. The molecule has 3 aromatic carbocycles. The fourth-order valence-corrected chi connectivity index (χ4v) is 4.65. The van der Waals surface area contributed by atoms with Crippen molar-refractivity contribution in [1.29, 1.82) is 0 Å². The third-order valence-electron chi connectivity index (χ3n) is 6.83. The zero-order chi connectivity index (χ0) is 32.2. The molecule has 1 saturated heterocycles. The lowest BCUT2D eigenvalue weighted by Crippen LogP contribution is -2.61. The van der Waals surface area contributed by atoms with E-state index in [0.29, 0.717) is 11.1 Å². The minimum absolute atomic E-state index is 0.0120. The number of rotatable bonds is 8. The highest BCUT2D eigenvalue weighted by molar-refractivity contribution is 5.87. The zero-order valence-corrected chi connectivity index (χ0v) is 23.6. The number of aromatic hydroxyl groups is 3. The number of ether oxygens (including phenoxy) is 4. The van der Waals surface area contributed by atoms with Crippen molar-refractivity contribution in [2.45, 2.75) is 37.6 Å². The molecule has 0 radical (unpaired) electrons. The molecule has 5 N–H and O–H groups in total. The zero-order valence-electron chi connectivity index (χ0n) is 23.6. The predicted molar refractivity (Wildman–Crippen MR) is 156 cm³/mol. The second-order valence-corrected chi connectivity index (χ2v) is 10.1. The Hall–Kier alpha value is -5.37. The average molecular weight is 621 g/mol. The Balaban J connectivity index is 1.36. The van der Waals surface area contributed by atoms with Gasteiger partial charge in [-0.3, -0.25) is 9.59 Å². The topological polar surface area (TPSA) is 202 Å². The molecule has 5 unspecified atom stereocenters. The lowest BCUT2D eigenvalue weighted by atomic mass is 9.99. The number of carbonyl (C=O) groups excluding carboxylic acids is 2. The van der Waals surface area contributed by atoms with Gasteiger partial charge in [0.25, 0.3) is 0 Å². The Morgan fingerprint density at radius 3 is 2.24 bits per heavy atom. The van der Waals surface area contributed by atoms with Crippen molar-refractivity contribution in [2.24, 2.45) is 0 Å². The molecule has 1 aliphatic heterocycles. The van der Waals surface area contributed by atoms with Crippen LogP contribution in [0.2, 0.25) is 0 Å². The fourth-order valence-electron chi connectivity index (χ4n) is 4.65. The monoisotopic (exact) mass is 620 g/mol. The summed E-state index contributed by atoms with van der Waals surface area (Å²) in [5.41, 5.74) is 0.445. The van der Waals surface area contributed by atoms with Crippen molar-refractivity contribution in [3.63, 3.8) is 0 Å². The van der Waals surface area contributed by atoms with E-state index in [9.17, 15) is 39.9 Å². The second kappa shape index (κ2) is 13.1. The highest BCUT2D eigenvalue weighted by atomic mass is 16.7. The maximum atomic E-state index is 12.8. The number of esters is 2. The van der Waals surface area contributed by atoms with Crippen LogP contribution in [-0.2, 0) is 23.8 Å². The summed E-state index contributed by atoms with van der Waals surface area (Å²) >= 11 is 0. The van der Waals surface area contributed by atoms with Crippen LogP contribution in [0.15, 0.2) is 82.0 Å². The van der Waals surface area contributed by atoms with Gasteiger partial charge in [0, 0.05) is 36.8 Å². The number of carbonyl (C=O) groups is 2. The van der Waals surface area contributed by atoms with Gasteiger partial charge in [-0.05, 0) is 48.0 Å². The van der Waals surface area contributed by atoms with Gasteiger partial charge in [-0.15, -0.1) is 0 Å². The highest BCUT2D eigenvalue weighted by Gasteiger charge is 2.48.